The molecule has 5 nitrogen and oxygen atoms in total. The second kappa shape index (κ2) is 7.08. The first kappa shape index (κ1) is 17.0. The zero-order valence-electron chi connectivity index (χ0n) is 15.1. The maximum absolute atomic E-state index is 12.7. The second-order valence-electron chi connectivity index (χ2n) is 7.27. The molecule has 0 saturated carbocycles. The molecule has 0 bridgehead atoms. The van der Waals surface area contributed by atoms with Crippen LogP contribution in [0.2, 0.25) is 0 Å². The summed E-state index contributed by atoms with van der Waals surface area (Å²) in [4.78, 5) is 18.9. The third-order valence-electron chi connectivity index (χ3n) is 5.33. The summed E-state index contributed by atoms with van der Waals surface area (Å²) in [6.07, 6.45) is 4.33. The molecule has 2 aromatic rings. The monoisotopic (exact) mass is 352 g/mol. The number of rotatable bonds is 3. The molecule has 2 fully saturated rings. The number of hydrogen-bond donors (Lipinski definition) is 0. The maximum atomic E-state index is 12.7. The second-order valence-corrected chi connectivity index (χ2v) is 7.27. The van der Waals surface area contributed by atoms with Gasteiger partial charge in [-0.3, -0.25) is 4.79 Å². The molecule has 1 unspecified atom stereocenters. The van der Waals surface area contributed by atoms with Gasteiger partial charge in [0, 0.05) is 37.3 Å². The fraction of sp³-hybridized carbons (Fsp3) is 0.429. The minimum Gasteiger partial charge on any atom is -0.472 e. The fourth-order valence-electron chi connectivity index (χ4n) is 3.89. The summed E-state index contributed by atoms with van der Waals surface area (Å²) < 4.78 is 12.1. The Bertz CT molecular complexity index is 770. The van der Waals surface area contributed by atoms with Crippen molar-refractivity contribution in [2.75, 3.05) is 19.7 Å². The number of nitrogens with zero attached hydrogens (tertiary/aromatic N) is 2. The molecule has 1 atom stereocenters. The van der Waals surface area contributed by atoms with Gasteiger partial charge in [-0.05, 0) is 38.0 Å². The van der Waals surface area contributed by atoms with Crippen LogP contribution in [0.4, 0.5) is 0 Å². The van der Waals surface area contributed by atoms with Crippen LogP contribution in [0.25, 0.3) is 0 Å². The molecule has 0 radical (unpaired) electrons. The van der Waals surface area contributed by atoms with E-state index in [0.717, 1.165) is 43.5 Å². The van der Waals surface area contributed by atoms with Gasteiger partial charge >= 0.3 is 0 Å². The predicted octanol–water partition coefficient (Wildman–Crippen LogP) is 3.23. The molecule has 1 amide bonds. The minimum absolute atomic E-state index is 0.0314. The number of benzene rings is 1. The van der Waals surface area contributed by atoms with E-state index in [0.29, 0.717) is 12.5 Å². The average molecular weight is 352 g/mol. The van der Waals surface area contributed by atoms with Crippen LogP contribution in [0.5, 0.6) is 5.88 Å². The van der Waals surface area contributed by atoms with Crippen molar-refractivity contribution in [2.45, 2.75) is 37.9 Å². The lowest BCUT2D eigenvalue weighted by Gasteiger charge is -2.38. The molecule has 1 spiro atoms. The molecule has 4 rings (SSSR count). The molecule has 3 heterocycles. The van der Waals surface area contributed by atoms with Crippen molar-refractivity contribution in [2.24, 2.45) is 0 Å². The highest BCUT2D eigenvalue weighted by molar-refractivity contribution is 5.94. The number of aromatic nitrogens is 1. The molecule has 2 aliphatic rings. The summed E-state index contributed by atoms with van der Waals surface area (Å²) in [5, 5.41) is 0. The van der Waals surface area contributed by atoms with Gasteiger partial charge in [-0.1, -0.05) is 23.8 Å². The number of ether oxygens (including phenoxy) is 2. The number of hydrogen-bond acceptors (Lipinski definition) is 4. The summed E-state index contributed by atoms with van der Waals surface area (Å²) in [6.45, 7) is 4.05. The first-order valence-corrected chi connectivity index (χ1v) is 9.21. The van der Waals surface area contributed by atoms with Crippen molar-refractivity contribution in [1.82, 2.24) is 9.88 Å². The van der Waals surface area contributed by atoms with E-state index < -0.39 is 0 Å². The van der Waals surface area contributed by atoms with Crippen LogP contribution in [0, 0.1) is 6.92 Å². The van der Waals surface area contributed by atoms with E-state index in [2.05, 4.69) is 4.98 Å². The fourth-order valence-corrected chi connectivity index (χ4v) is 3.89. The SMILES string of the molecule is Cc1cccc(C(=O)N2CCC3(CC2)CC(Oc2ccccn2)CO3)c1. The van der Waals surface area contributed by atoms with Crippen LogP contribution >= 0.6 is 0 Å². The van der Waals surface area contributed by atoms with Crippen molar-refractivity contribution in [3.05, 3.63) is 59.8 Å². The highest BCUT2D eigenvalue weighted by atomic mass is 16.6. The number of amides is 1. The van der Waals surface area contributed by atoms with E-state index in [4.69, 9.17) is 9.47 Å². The van der Waals surface area contributed by atoms with Crippen molar-refractivity contribution in [3.8, 4) is 5.88 Å². The van der Waals surface area contributed by atoms with Crippen molar-refractivity contribution in [3.63, 3.8) is 0 Å². The molecule has 2 aliphatic heterocycles. The summed E-state index contributed by atoms with van der Waals surface area (Å²) in [6, 6.07) is 13.5. The molecule has 0 N–H and O–H groups in total. The van der Waals surface area contributed by atoms with E-state index >= 15 is 0 Å². The van der Waals surface area contributed by atoms with E-state index in [1.54, 1.807) is 6.20 Å². The molecular formula is C21H24N2O3. The van der Waals surface area contributed by atoms with Gasteiger partial charge in [0.1, 0.15) is 6.10 Å². The summed E-state index contributed by atoms with van der Waals surface area (Å²) in [5.74, 6) is 0.757. The van der Waals surface area contributed by atoms with Crippen molar-refractivity contribution < 1.29 is 14.3 Å². The Kier molecular flexibility index (Phi) is 4.64. The summed E-state index contributed by atoms with van der Waals surface area (Å²) in [5.41, 5.74) is 1.71. The number of pyridine rings is 1. The number of carbonyl (C=O) groups excluding carboxylic acids is 1. The van der Waals surface area contributed by atoms with Gasteiger partial charge in [-0.2, -0.15) is 0 Å². The van der Waals surface area contributed by atoms with Crippen LogP contribution in [-0.2, 0) is 4.74 Å². The van der Waals surface area contributed by atoms with E-state index in [-0.39, 0.29) is 17.6 Å². The van der Waals surface area contributed by atoms with Crippen LogP contribution < -0.4 is 4.74 Å². The van der Waals surface area contributed by atoms with Gasteiger partial charge in [0.05, 0.1) is 12.2 Å². The number of piperidine rings is 1. The van der Waals surface area contributed by atoms with Gasteiger partial charge < -0.3 is 14.4 Å². The zero-order chi connectivity index (χ0) is 18.0. The Labute approximate surface area is 153 Å². The Balaban J connectivity index is 1.34. The molecule has 2 saturated heterocycles. The first-order valence-electron chi connectivity index (χ1n) is 9.21. The Morgan fingerprint density at radius 2 is 2.08 bits per heavy atom. The molecule has 26 heavy (non-hydrogen) atoms. The lowest BCUT2D eigenvalue weighted by atomic mass is 9.87. The summed E-state index contributed by atoms with van der Waals surface area (Å²) in [7, 11) is 0. The predicted molar refractivity (Wildman–Crippen MR) is 98.3 cm³/mol. The smallest absolute Gasteiger partial charge is 0.253 e. The molecule has 0 aliphatic carbocycles. The maximum Gasteiger partial charge on any atom is 0.253 e. The van der Waals surface area contributed by atoms with Crippen LogP contribution in [0.15, 0.2) is 48.7 Å². The number of likely N-dealkylation sites (tertiary alicyclic amines) is 1. The van der Waals surface area contributed by atoms with Gasteiger partial charge in [0.25, 0.3) is 5.91 Å². The molecule has 136 valence electrons. The number of aryl methyl sites for hydroxylation is 1. The van der Waals surface area contributed by atoms with Gasteiger partial charge in [-0.15, -0.1) is 0 Å². The van der Waals surface area contributed by atoms with Crippen molar-refractivity contribution >= 4 is 5.91 Å². The highest BCUT2D eigenvalue weighted by Crippen LogP contribution is 2.37. The van der Waals surface area contributed by atoms with Crippen LogP contribution in [0.3, 0.4) is 0 Å². The lowest BCUT2D eigenvalue weighted by molar-refractivity contribution is -0.0396. The van der Waals surface area contributed by atoms with Crippen LogP contribution in [-0.4, -0.2) is 47.2 Å². The van der Waals surface area contributed by atoms with Crippen LogP contribution in [0.1, 0.15) is 35.2 Å². The summed E-state index contributed by atoms with van der Waals surface area (Å²) >= 11 is 0. The van der Waals surface area contributed by atoms with Gasteiger partial charge in [-0.25, -0.2) is 4.98 Å². The zero-order valence-corrected chi connectivity index (χ0v) is 15.1. The lowest BCUT2D eigenvalue weighted by Crippen LogP contribution is -2.46. The standard InChI is InChI=1S/C21H24N2O3/c1-16-5-4-6-17(13-16)20(24)23-11-8-21(9-12-23)14-18(15-25-21)26-19-7-2-3-10-22-19/h2-7,10,13,18H,8-9,11-12,14-15H2,1H3. The Morgan fingerprint density at radius 3 is 2.81 bits per heavy atom. The van der Waals surface area contributed by atoms with Gasteiger partial charge in [0.15, 0.2) is 0 Å². The third-order valence-corrected chi connectivity index (χ3v) is 5.33. The number of carbonyl (C=O) groups is 1. The molecule has 1 aromatic carbocycles. The molecular weight excluding hydrogens is 328 g/mol. The van der Waals surface area contributed by atoms with E-state index in [9.17, 15) is 4.79 Å². The normalized spacial score (nSPS) is 21.7. The largest absolute Gasteiger partial charge is 0.472 e. The van der Waals surface area contributed by atoms with Crippen molar-refractivity contribution in [1.29, 1.82) is 0 Å². The topological polar surface area (TPSA) is 51.7 Å². The molecule has 5 heteroatoms. The van der Waals surface area contributed by atoms with E-state index in [1.165, 1.54) is 0 Å². The Morgan fingerprint density at radius 1 is 1.23 bits per heavy atom. The average Bonchev–Trinajstić information content (AvgIpc) is 3.05. The molecule has 1 aromatic heterocycles. The Hall–Kier alpha value is -2.40. The first-order chi connectivity index (χ1) is 12.6. The highest BCUT2D eigenvalue weighted by Gasteiger charge is 2.44. The minimum atomic E-state index is -0.164. The quantitative estimate of drug-likeness (QED) is 0.851. The van der Waals surface area contributed by atoms with Gasteiger partial charge in [0.2, 0.25) is 5.88 Å². The van der Waals surface area contributed by atoms with E-state index in [1.807, 2.05) is 54.3 Å². The third kappa shape index (κ3) is 3.58.